The molecular weight excluding hydrogens is 813 g/mol. The van der Waals surface area contributed by atoms with E-state index in [1.807, 2.05) is 114 Å². The Morgan fingerprint density at radius 3 is 2.27 bits per heavy atom. The molecular formula is C51H46N4O7S. The Morgan fingerprint density at radius 2 is 1.56 bits per heavy atom. The molecule has 11 nitrogen and oxygen atoms in total. The fourth-order valence-corrected chi connectivity index (χ4v) is 11.2. The predicted molar refractivity (Wildman–Crippen MR) is 240 cm³/mol. The van der Waals surface area contributed by atoms with Gasteiger partial charge in [-0.1, -0.05) is 121 Å². The zero-order valence-corrected chi connectivity index (χ0v) is 35.2. The number of carbonyl (C=O) groups excluding carboxylic acids is 3. The van der Waals surface area contributed by atoms with Crippen LogP contribution in [0.1, 0.15) is 84.5 Å². The van der Waals surface area contributed by atoms with Gasteiger partial charge in [-0.25, -0.2) is 4.98 Å². The molecule has 10 rings (SSSR count). The lowest BCUT2D eigenvalue weighted by molar-refractivity contribution is -0.177. The van der Waals surface area contributed by atoms with E-state index in [0.29, 0.717) is 51.6 Å². The second kappa shape index (κ2) is 16.7. The van der Waals surface area contributed by atoms with Crippen LogP contribution in [-0.4, -0.2) is 62.7 Å². The van der Waals surface area contributed by atoms with Crippen molar-refractivity contribution in [2.45, 2.75) is 73.8 Å². The number of nitrogens with one attached hydrogen (secondary N) is 2. The first-order valence-corrected chi connectivity index (χ1v) is 22.4. The van der Waals surface area contributed by atoms with Crippen molar-refractivity contribution in [2.75, 3.05) is 23.8 Å². The maximum Gasteiger partial charge on any atom is 0.324 e. The number of cyclic esters (lactones) is 1. The highest BCUT2D eigenvalue weighted by Gasteiger charge is 2.74. The van der Waals surface area contributed by atoms with E-state index in [9.17, 15) is 10.2 Å². The summed E-state index contributed by atoms with van der Waals surface area (Å²) in [5.74, 6) is 3.94. The number of aliphatic hydroxyl groups is 2. The fourth-order valence-electron chi connectivity index (χ4n) is 10.3. The number of anilines is 2. The molecule has 4 heterocycles. The Morgan fingerprint density at radius 1 is 0.857 bits per heavy atom. The van der Waals surface area contributed by atoms with Crippen LogP contribution in [0.5, 0.6) is 5.75 Å². The normalized spacial score (nSPS) is 25.0. The molecule has 0 radical (unpaired) electrons. The van der Waals surface area contributed by atoms with Gasteiger partial charge in [0.25, 0.3) is 0 Å². The molecule has 1 aromatic heterocycles. The van der Waals surface area contributed by atoms with Gasteiger partial charge >= 0.3 is 5.97 Å². The van der Waals surface area contributed by atoms with Gasteiger partial charge in [0.2, 0.25) is 11.8 Å². The third kappa shape index (κ3) is 7.25. The number of fused-ring (bicyclic) bond motifs is 4. The number of aromatic nitrogens is 1. The molecule has 0 unspecified atom stereocenters. The van der Waals surface area contributed by atoms with Crippen LogP contribution >= 0.6 is 11.3 Å². The molecule has 1 saturated carbocycles. The molecule has 2 saturated heterocycles. The monoisotopic (exact) mass is 858 g/mol. The number of benzene rings is 5. The lowest BCUT2D eigenvalue weighted by atomic mass is 9.65. The highest BCUT2D eigenvalue weighted by Crippen LogP contribution is 2.65. The number of thiazole rings is 1. The molecule has 0 bridgehead atoms. The SMILES string of the molecule is O=C1O[C@H](c2ccccc2)[C@H](c2ccccc2)N2[C@H]1[C@@H](C(=O)Nc1nc3ccccc3s1)[C@]1(C(=O)Nc3ccc(C#CC4(O)CCCCCC4)cc31)[C@H]2c1ccc(OCCO)cc1. The smallest absolute Gasteiger partial charge is 0.324 e. The minimum Gasteiger partial charge on any atom is -0.491 e. The maximum absolute atomic E-state index is 15.6. The van der Waals surface area contributed by atoms with E-state index in [2.05, 4.69) is 22.5 Å². The topological polar surface area (TPSA) is 150 Å². The van der Waals surface area contributed by atoms with E-state index in [-0.39, 0.29) is 13.2 Å². The average Bonchev–Trinajstić information content (AvgIpc) is 3.89. The van der Waals surface area contributed by atoms with Crippen LogP contribution in [0.15, 0.2) is 127 Å². The van der Waals surface area contributed by atoms with Gasteiger partial charge in [0.15, 0.2) is 5.13 Å². The molecule has 318 valence electrons. The molecule has 4 aliphatic rings. The zero-order chi connectivity index (χ0) is 43.1. The summed E-state index contributed by atoms with van der Waals surface area (Å²) in [6.07, 6.45) is 4.18. The summed E-state index contributed by atoms with van der Waals surface area (Å²) in [4.78, 5) is 53.1. The Bertz CT molecular complexity index is 2710. The molecule has 6 atom stereocenters. The highest BCUT2D eigenvalue weighted by atomic mass is 32.1. The van der Waals surface area contributed by atoms with Crippen LogP contribution in [0.4, 0.5) is 10.8 Å². The van der Waals surface area contributed by atoms with Gasteiger partial charge in [-0.15, -0.1) is 0 Å². The molecule has 1 spiro atoms. The van der Waals surface area contributed by atoms with Gasteiger partial charge in [0.05, 0.1) is 34.8 Å². The third-order valence-electron chi connectivity index (χ3n) is 13.0. The third-order valence-corrected chi connectivity index (χ3v) is 14.0. The number of morpholine rings is 1. The number of hydrogen-bond acceptors (Lipinski definition) is 10. The Hall–Kier alpha value is -6.36. The van der Waals surface area contributed by atoms with E-state index in [4.69, 9.17) is 14.5 Å². The summed E-state index contributed by atoms with van der Waals surface area (Å²) < 4.78 is 13.2. The van der Waals surface area contributed by atoms with E-state index < -0.39 is 58.9 Å². The van der Waals surface area contributed by atoms with E-state index in [0.717, 1.165) is 41.5 Å². The predicted octanol–water partition coefficient (Wildman–Crippen LogP) is 8.01. The summed E-state index contributed by atoms with van der Waals surface area (Å²) >= 11 is 1.31. The molecule has 2 amide bonds. The number of para-hydroxylation sites is 1. The van der Waals surface area contributed by atoms with E-state index >= 15 is 14.4 Å². The standard InChI is InChI=1S/C51H46N4O7S/c56-29-30-61-36-22-20-35(21-23-36)45-51(37-31-32(19-24-38(37)52-48(51)59)25-28-50(60)26-11-1-2-12-27-50)41(46(57)54-49-53-39-17-9-10-18-40(39)63-49)43-47(58)62-44(34-15-7-4-8-16-34)42(55(43)45)33-13-5-3-6-14-33/h3-10,13-24,31,41-45,56,60H,1-2,11-12,26-27,29-30H2,(H,52,59)(H,53,54,57)/t41-,42-,43-,44+,45+,51-/m0/s1. The minimum atomic E-state index is -1.75. The number of rotatable bonds is 8. The minimum absolute atomic E-state index is 0.0876. The van der Waals surface area contributed by atoms with Crippen molar-refractivity contribution < 1.29 is 34.1 Å². The largest absolute Gasteiger partial charge is 0.491 e. The molecule has 12 heteroatoms. The number of esters is 1. The summed E-state index contributed by atoms with van der Waals surface area (Å²) in [7, 11) is 0. The number of hydrogen-bond donors (Lipinski definition) is 4. The van der Waals surface area contributed by atoms with Gasteiger partial charge in [-0.3, -0.25) is 19.3 Å². The van der Waals surface area contributed by atoms with Gasteiger partial charge in [-0.05, 0) is 90.4 Å². The first-order chi connectivity index (χ1) is 30.8. The fraction of sp³-hybridized carbons (Fsp3) is 0.294. The van der Waals surface area contributed by atoms with Gasteiger partial charge in [0, 0.05) is 11.3 Å². The van der Waals surface area contributed by atoms with Crippen molar-refractivity contribution in [3.8, 4) is 17.6 Å². The van der Waals surface area contributed by atoms with Gasteiger partial charge < -0.3 is 30.3 Å². The second-order valence-electron chi connectivity index (χ2n) is 16.8. The van der Waals surface area contributed by atoms with Crippen LogP contribution in [0.2, 0.25) is 0 Å². The second-order valence-corrected chi connectivity index (χ2v) is 17.8. The number of ether oxygens (including phenoxy) is 2. The van der Waals surface area contributed by atoms with Crippen LogP contribution in [0.3, 0.4) is 0 Å². The molecule has 5 aromatic carbocycles. The van der Waals surface area contributed by atoms with Crippen LogP contribution in [-0.2, 0) is 24.5 Å². The Kier molecular flexibility index (Phi) is 10.8. The van der Waals surface area contributed by atoms with Gasteiger partial charge in [0.1, 0.15) is 35.5 Å². The maximum atomic E-state index is 15.6. The number of amides is 2. The summed E-state index contributed by atoms with van der Waals surface area (Å²) in [5, 5.41) is 27.7. The lowest BCUT2D eigenvalue weighted by Gasteiger charge is -2.46. The van der Waals surface area contributed by atoms with Crippen LogP contribution < -0.4 is 15.4 Å². The van der Waals surface area contributed by atoms with Crippen molar-refractivity contribution in [1.82, 2.24) is 9.88 Å². The molecule has 3 aliphatic heterocycles. The first-order valence-electron chi connectivity index (χ1n) is 21.6. The number of nitrogens with zero attached hydrogens (tertiary/aromatic N) is 2. The summed E-state index contributed by atoms with van der Waals surface area (Å²) in [5.41, 5.74) is 1.62. The lowest BCUT2D eigenvalue weighted by Crippen LogP contribution is -2.53. The number of aliphatic hydroxyl groups excluding tert-OH is 1. The van der Waals surface area contributed by atoms with Crippen molar-refractivity contribution >= 4 is 50.2 Å². The van der Waals surface area contributed by atoms with Crippen LogP contribution in [0.25, 0.3) is 10.2 Å². The Labute approximate surface area is 369 Å². The molecule has 6 aromatic rings. The van der Waals surface area contributed by atoms with E-state index in [1.165, 1.54) is 11.3 Å². The van der Waals surface area contributed by atoms with Crippen molar-refractivity contribution in [3.63, 3.8) is 0 Å². The van der Waals surface area contributed by atoms with Crippen molar-refractivity contribution in [1.29, 1.82) is 0 Å². The zero-order valence-electron chi connectivity index (χ0n) is 34.4. The average molecular weight is 859 g/mol. The Balaban J connectivity index is 1.22. The molecule has 1 aliphatic carbocycles. The number of carbonyl (C=O) groups is 3. The summed E-state index contributed by atoms with van der Waals surface area (Å²) in [6.45, 7) is -0.0833. The highest BCUT2D eigenvalue weighted by molar-refractivity contribution is 7.22. The molecule has 4 N–H and O–H groups in total. The quantitative estimate of drug-likeness (QED) is 0.0678. The van der Waals surface area contributed by atoms with Crippen molar-refractivity contribution in [2.24, 2.45) is 5.92 Å². The first kappa shape index (κ1) is 40.7. The molecule has 3 fully saturated rings. The van der Waals surface area contributed by atoms with Crippen LogP contribution in [0, 0.1) is 17.8 Å². The molecule has 63 heavy (non-hydrogen) atoms. The summed E-state index contributed by atoms with van der Waals surface area (Å²) in [6, 6.07) is 36.7. The van der Waals surface area contributed by atoms with E-state index in [1.54, 1.807) is 18.2 Å². The van der Waals surface area contributed by atoms with Crippen molar-refractivity contribution in [3.05, 3.63) is 155 Å². The van der Waals surface area contributed by atoms with Gasteiger partial charge in [-0.2, -0.15) is 0 Å².